The summed E-state index contributed by atoms with van der Waals surface area (Å²) < 4.78 is 32.1. The van der Waals surface area contributed by atoms with Crippen LogP contribution in [0.4, 0.5) is 0 Å². The van der Waals surface area contributed by atoms with E-state index in [0.29, 0.717) is 0 Å². The minimum Gasteiger partial charge on any atom is -0.468 e. The van der Waals surface area contributed by atoms with Crippen molar-refractivity contribution in [2.75, 3.05) is 13.7 Å². The highest BCUT2D eigenvalue weighted by molar-refractivity contribution is 9.10. The number of ether oxygens (including phenoxy) is 1. The second-order valence-corrected chi connectivity index (χ2v) is 7.54. The molecule has 0 amide bonds. The lowest BCUT2D eigenvalue weighted by Gasteiger charge is -2.14. The maximum absolute atomic E-state index is 12.3. The summed E-state index contributed by atoms with van der Waals surface area (Å²) in [6, 6.07) is 12.5. The highest BCUT2D eigenvalue weighted by atomic mass is 79.9. The Bertz CT molecular complexity index is 803. The molecule has 0 saturated carbocycles. The number of hydrogen-bond acceptors (Lipinski definition) is 5. The zero-order valence-electron chi connectivity index (χ0n) is 12.8. The Kier molecular flexibility index (Phi) is 6.11. The molecule has 2 aromatic carbocycles. The molecule has 1 unspecified atom stereocenters. The second-order valence-electron chi connectivity index (χ2n) is 4.91. The van der Waals surface area contributed by atoms with Gasteiger partial charge in [-0.3, -0.25) is 4.79 Å². The molecule has 0 saturated heterocycles. The molecular weight excluding hydrogens is 398 g/mol. The first-order chi connectivity index (χ1) is 11.4. The van der Waals surface area contributed by atoms with Crippen LogP contribution in [-0.4, -0.2) is 39.3 Å². The zero-order chi connectivity index (χ0) is 17.7. The molecule has 0 aliphatic heterocycles. The summed E-state index contributed by atoms with van der Waals surface area (Å²) in [5.41, 5.74) is 1.80. The van der Waals surface area contributed by atoms with Gasteiger partial charge in [0.1, 0.15) is 6.04 Å². The van der Waals surface area contributed by atoms with E-state index in [1.54, 1.807) is 12.1 Å². The van der Waals surface area contributed by atoms with E-state index in [1.165, 1.54) is 12.1 Å². The predicted molar refractivity (Wildman–Crippen MR) is 92.8 cm³/mol. The van der Waals surface area contributed by atoms with Gasteiger partial charge in [-0.05, 0) is 35.4 Å². The van der Waals surface area contributed by atoms with Crippen LogP contribution in [0.25, 0.3) is 11.1 Å². The lowest BCUT2D eigenvalue weighted by molar-refractivity contribution is -0.143. The van der Waals surface area contributed by atoms with Crippen LogP contribution in [0.2, 0.25) is 0 Å². The number of nitrogens with one attached hydrogen (secondary N) is 1. The fourth-order valence-electron chi connectivity index (χ4n) is 2.03. The maximum atomic E-state index is 12.3. The molecule has 0 aromatic heterocycles. The Morgan fingerprint density at radius 1 is 1.12 bits per heavy atom. The van der Waals surface area contributed by atoms with Gasteiger partial charge in [-0.25, -0.2) is 8.42 Å². The molecule has 0 bridgehead atoms. The highest BCUT2D eigenvalue weighted by Gasteiger charge is 2.25. The van der Waals surface area contributed by atoms with Gasteiger partial charge in [0.05, 0.1) is 18.6 Å². The van der Waals surface area contributed by atoms with E-state index in [0.717, 1.165) is 22.7 Å². The van der Waals surface area contributed by atoms with Crippen molar-refractivity contribution < 1.29 is 23.1 Å². The second kappa shape index (κ2) is 7.89. The number of benzene rings is 2. The van der Waals surface area contributed by atoms with Gasteiger partial charge in [-0.2, -0.15) is 4.72 Å². The van der Waals surface area contributed by atoms with Gasteiger partial charge in [0.15, 0.2) is 0 Å². The van der Waals surface area contributed by atoms with Crippen molar-refractivity contribution >= 4 is 31.9 Å². The molecule has 2 aromatic rings. The summed E-state index contributed by atoms with van der Waals surface area (Å²) >= 11 is 3.36. The van der Waals surface area contributed by atoms with Crippen molar-refractivity contribution in [3.8, 4) is 11.1 Å². The van der Waals surface area contributed by atoms with Crippen molar-refractivity contribution in [1.82, 2.24) is 4.72 Å². The smallest absolute Gasteiger partial charge is 0.326 e. The molecule has 0 spiro atoms. The summed E-state index contributed by atoms with van der Waals surface area (Å²) in [6.45, 7) is -0.692. The number of aliphatic hydroxyl groups is 1. The maximum Gasteiger partial charge on any atom is 0.326 e. The molecule has 0 aliphatic carbocycles. The van der Waals surface area contributed by atoms with E-state index in [2.05, 4.69) is 25.4 Å². The third-order valence-corrected chi connectivity index (χ3v) is 5.32. The molecule has 0 aliphatic rings. The summed E-state index contributed by atoms with van der Waals surface area (Å²) in [6.07, 6.45) is 0. The van der Waals surface area contributed by atoms with E-state index in [1.807, 2.05) is 24.3 Å². The Labute approximate surface area is 148 Å². The van der Waals surface area contributed by atoms with Crippen LogP contribution >= 0.6 is 15.9 Å². The molecule has 0 heterocycles. The molecule has 1 atom stereocenters. The van der Waals surface area contributed by atoms with Crippen LogP contribution in [0.1, 0.15) is 0 Å². The number of sulfonamides is 1. The monoisotopic (exact) mass is 413 g/mol. The average molecular weight is 414 g/mol. The third-order valence-electron chi connectivity index (χ3n) is 3.31. The van der Waals surface area contributed by atoms with Crippen LogP contribution in [0, 0.1) is 0 Å². The Hall–Kier alpha value is -1.74. The zero-order valence-corrected chi connectivity index (χ0v) is 15.2. The summed E-state index contributed by atoms with van der Waals surface area (Å²) in [5.74, 6) is -0.854. The van der Waals surface area contributed by atoms with E-state index >= 15 is 0 Å². The predicted octanol–water partition coefficient (Wildman–Crippen LogP) is 1.93. The SMILES string of the molecule is COC(=O)C(CO)NS(=O)(=O)c1ccc(-c2ccc(Br)cc2)cc1. The Morgan fingerprint density at radius 3 is 2.08 bits per heavy atom. The molecule has 24 heavy (non-hydrogen) atoms. The summed E-state index contributed by atoms with van der Waals surface area (Å²) in [4.78, 5) is 11.4. The van der Waals surface area contributed by atoms with Gasteiger partial charge in [-0.1, -0.05) is 40.2 Å². The molecule has 2 N–H and O–H groups in total. The van der Waals surface area contributed by atoms with Crippen molar-refractivity contribution in [3.63, 3.8) is 0 Å². The molecule has 2 rings (SSSR count). The lowest BCUT2D eigenvalue weighted by Crippen LogP contribution is -2.43. The quantitative estimate of drug-likeness (QED) is 0.705. The largest absolute Gasteiger partial charge is 0.468 e. The van der Waals surface area contributed by atoms with Gasteiger partial charge in [-0.15, -0.1) is 0 Å². The normalized spacial score (nSPS) is 12.6. The molecule has 8 heteroatoms. The Balaban J connectivity index is 2.22. The number of carbonyl (C=O) groups is 1. The van der Waals surface area contributed by atoms with Crippen LogP contribution < -0.4 is 4.72 Å². The van der Waals surface area contributed by atoms with E-state index in [9.17, 15) is 13.2 Å². The molecule has 6 nitrogen and oxygen atoms in total. The topological polar surface area (TPSA) is 92.7 Å². The molecule has 0 fully saturated rings. The van der Waals surface area contributed by atoms with Crippen molar-refractivity contribution in [1.29, 1.82) is 0 Å². The minimum absolute atomic E-state index is 0.00860. The van der Waals surface area contributed by atoms with Crippen LogP contribution in [0.5, 0.6) is 0 Å². The molecule has 0 radical (unpaired) electrons. The standard InChI is InChI=1S/C16H16BrNO5S/c1-23-16(20)15(10-19)18-24(21,22)14-8-4-12(5-9-14)11-2-6-13(17)7-3-11/h2-9,15,18-19H,10H2,1H3. The number of carbonyl (C=O) groups excluding carboxylic acids is 1. The molecule has 128 valence electrons. The van der Waals surface area contributed by atoms with Crippen molar-refractivity contribution in [2.24, 2.45) is 0 Å². The van der Waals surface area contributed by atoms with E-state index in [-0.39, 0.29) is 4.90 Å². The minimum atomic E-state index is -3.95. The number of aliphatic hydroxyl groups excluding tert-OH is 1. The number of hydrogen-bond donors (Lipinski definition) is 2. The third kappa shape index (κ3) is 4.41. The van der Waals surface area contributed by atoms with Gasteiger partial charge in [0.25, 0.3) is 0 Å². The number of halogens is 1. The van der Waals surface area contributed by atoms with E-state index < -0.39 is 28.6 Å². The van der Waals surface area contributed by atoms with Gasteiger partial charge >= 0.3 is 5.97 Å². The fourth-order valence-corrected chi connectivity index (χ4v) is 3.47. The summed E-state index contributed by atoms with van der Waals surface area (Å²) in [7, 11) is -2.83. The average Bonchev–Trinajstić information content (AvgIpc) is 2.60. The van der Waals surface area contributed by atoms with Gasteiger partial charge < -0.3 is 9.84 Å². The first-order valence-corrected chi connectivity index (χ1v) is 9.22. The number of methoxy groups -OCH3 is 1. The molecular formula is C16H16BrNO5S. The fraction of sp³-hybridized carbons (Fsp3) is 0.188. The Morgan fingerprint density at radius 2 is 1.62 bits per heavy atom. The van der Waals surface area contributed by atoms with Crippen LogP contribution in [0.3, 0.4) is 0 Å². The van der Waals surface area contributed by atoms with Crippen molar-refractivity contribution in [2.45, 2.75) is 10.9 Å². The van der Waals surface area contributed by atoms with Crippen molar-refractivity contribution in [3.05, 3.63) is 53.0 Å². The number of esters is 1. The van der Waals surface area contributed by atoms with Gasteiger partial charge in [0.2, 0.25) is 10.0 Å². The van der Waals surface area contributed by atoms with Crippen LogP contribution in [-0.2, 0) is 19.6 Å². The first-order valence-electron chi connectivity index (χ1n) is 6.94. The first kappa shape index (κ1) is 18.6. The highest BCUT2D eigenvalue weighted by Crippen LogP contribution is 2.23. The number of rotatable bonds is 6. The summed E-state index contributed by atoms with van der Waals surface area (Å²) in [5, 5.41) is 9.12. The van der Waals surface area contributed by atoms with E-state index in [4.69, 9.17) is 5.11 Å². The van der Waals surface area contributed by atoms with Gasteiger partial charge in [0, 0.05) is 4.47 Å². The van der Waals surface area contributed by atoms with Crippen LogP contribution in [0.15, 0.2) is 57.9 Å². The lowest BCUT2D eigenvalue weighted by atomic mass is 10.1.